The normalized spacial score (nSPS) is 10.0. The van der Waals surface area contributed by atoms with Gasteiger partial charge in [0.2, 0.25) is 0 Å². The Kier molecular flexibility index (Phi) is 2.18. The largest absolute Gasteiger partial charge is 0.318 e. The summed E-state index contributed by atoms with van der Waals surface area (Å²) >= 11 is 0. The summed E-state index contributed by atoms with van der Waals surface area (Å²) in [7, 11) is 3.78. The summed E-state index contributed by atoms with van der Waals surface area (Å²) < 4.78 is 1.63. The topological polar surface area (TPSA) is 22.0 Å². The molecule has 0 aromatic carbocycles. The number of hydrogen-bond acceptors (Lipinski definition) is 1. The van der Waals surface area contributed by atoms with Crippen LogP contribution in [0.3, 0.4) is 0 Å². The van der Waals surface area contributed by atoms with E-state index in [0.717, 1.165) is 17.4 Å². The first kappa shape index (κ1) is 8.11. The maximum Gasteiger partial charge on any atom is 0.252 e. The van der Waals surface area contributed by atoms with Crippen LogP contribution in [0.15, 0.2) is 17.1 Å². The second-order valence-electron chi connectivity index (χ2n) is 2.81. The molecule has 1 heterocycles. The molecule has 0 spiro atoms. The highest BCUT2D eigenvalue weighted by Crippen LogP contribution is 1.96. The van der Waals surface area contributed by atoms with E-state index in [9.17, 15) is 4.79 Å². The average Bonchev–Trinajstić information content (AvgIpc) is 1.96. The summed E-state index contributed by atoms with van der Waals surface area (Å²) in [6.07, 6.45) is 2.66. The Morgan fingerprint density at radius 2 is 2.27 bits per heavy atom. The van der Waals surface area contributed by atoms with Gasteiger partial charge in [-0.15, -0.1) is 0 Å². The molecule has 1 aromatic heterocycles. The number of aryl methyl sites for hydroxylation is 2. The quantitative estimate of drug-likeness (QED) is 0.508. The van der Waals surface area contributed by atoms with Crippen molar-refractivity contribution in [3.63, 3.8) is 0 Å². The van der Waals surface area contributed by atoms with Crippen LogP contribution < -0.4 is 5.56 Å². The fourth-order valence-corrected chi connectivity index (χ4v) is 1.22. The second-order valence-corrected chi connectivity index (χ2v) is 2.81. The van der Waals surface area contributed by atoms with Crippen molar-refractivity contribution in [2.45, 2.75) is 13.2 Å². The van der Waals surface area contributed by atoms with Crippen molar-refractivity contribution >= 4 is 7.85 Å². The van der Waals surface area contributed by atoms with Gasteiger partial charge in [0.15, 0.2) is 0 Å². The minimum atomic E-state index is 0.123. The van der Waals surface area contributed by atoms with Gasteiger partial charge in [-0.25, -0.2) is 0 Å². The van der Waals surface area contributed by atoms with Gasteiger partial charge < -0.3 is 4.57 Å². The zero-order chi connectivity index (χ0) is 8.43. The summed E-state index contributed by atoms with van der Waals surface area (Å²) in [5.74, 6) is 0. The van der Waals surface area contributed by atoms with Crippen molar-refractivity contribution in [2.75, 3.05) is 0 Å². The molecule has 0 amide bonds. The lowest BCUT2D eigenvalue weighted by atomic mass is 9.97. The number of nitrogens with zero attached hydrogens (tertiary/aromatic N) is 1. The van der Waals surface area contributed by atoms with E-state index in [2.05, 4.69) is 0 Å². The molecule has 0 atom stereocenters. The highest BCUT2D eigenvalue weighted by molar-refractivity contribution is 6.08. The molecule has 0 aliphatic carbocycles. The maximum absolute atomic E-state index is 11.3. The molecule has 0 aliphatic heterocycles. The van der Waals surface area contributed by atoms with Crippen LogP contribution >= 0.6 is 0 Å². The molecule has 0 saturated carbocycles. The molecule has 1 aromatic rings. The lowest BCUT2D eigenvalue weighted by molar-refractivity contribution is 0.837. The predicted octanol–water partition coefficient (Wildman–Crippen LogP) is -0.173. The van der Waals surface area contributed by atoms with Gasteiger partial charge in [0, 0.05) is 18.8 Å². The summed E-state index contributed by atoms with van der Waals surface area (Å²) in [5, 5.41) is 0. The summed E-state index contributed by atoms with van der Waals surface area (Å²) in [6.45, 7) is 2.00. The molecule has 1 rings (SSSR count). The third kappa shape index (κ3) is 1.53. The van der Waals surface area contributed by atoms with Crippen molar-refractivity contribution < 1.29 is 0 Å². The van der Waals surface area contributed by atoms with Gasteiger partial charge in [-0.1, -0.05) is 6.32 Å². The van der Waals surface area contributed by atoms with E-state index in [4.69, 9.17) is 0 Å². The summed E-state index contributed by atoms with van der Waals surface area (Å²) in [5.41, 5.74) is 2.16. The van der Waals surface area contributed by atoms with Crippen LogP contribution in [0.5, 0.6) is 0 Å². The van der Waals surface area contributed by atoms with Crippen LogP contribution in [0.2, 0.25) is 0 Å². The Hall–Kier alpha value is -0.985. The van der Waals surface area contributed by atoms with Gasteiger partial charge in [0.05, 0.1) is 0 Å². The molecule has 0 fully saturated rings. The summed E-state index contributed by atoms with van der Waals surface area (Å²) in [6, 6.07) is 1.95. The fourth-order valence-electron chi connectivity index (χ4n) is 1.22. The SMILES string of the molecule is BCc1cc(C)cn(C)c1=O. The van der Waals surface area contributed by atoms with Crippen LogP contribution in [-0.4, -0.2) is 12.4 Å². The van der Waals surface area contributed by atoms with E-state index in [1.807, 2.05) is 27.0 Å². The zero-order valence-corrected chi connectivity index (χ0v) is 7.22. The van der Waals surface area contributed by atoms with Gasteiger partial charge in [-0.05, 0) is 18.6 Å². The highest BCUT2D eigenvalue weighted by atomic mass is 16.1. The minimum Gasteiger partial charge on any atom is -0.318 e. The molecular weight excluding hydrogens is 137 g/mol. The Bertz CT molecular complexity index is 316. The van der Waals surface area contributed by atoms with E-state index in [0.29, 0.717) is 0 Å². The maximum atomic E-state index is 11.3. The summed E-state index contributed by atoms with van der Waals surface area (Å²) in [4.78, 5) is 11.3. The average molecular weight is 149 g/mol. The molecule has 3 heteroatoms. The van der Waals surface area contributed by atoms with Crippen molar-refractivity contribution in [3.8, 4) is 0 Å². The van der Waals surface area contributed by atoms with Crippen LogP contribution in [0.4, 0.5) is 0 Å². The lowest BCUT2D eigenvalue weighted by Crippen LogP contribution is -2.20. The molecule has 0 bridgehead atoms. The van der Waals surface area contributed by atoms with Crippen molar-refractivity contribution in [1.29, 1.82) is 0 Å². The molecular formula is C8H12BNO. The van der Waals surface area contributed by atoms with Crippen molar-refractivity contribution in [2.24, 2.45) is 7.05 Å². The second kappa shape index (κ2) is 2.95. The zero-order valence-electron chi connectivity index (χ0n) is 7.22. The van der Waals surface area contributed by atoms with Gasteiger partial charge in [-0.2, -0.15) is 0 Å². The molecule has 58 valence electrons. The molecule has 0 radical (unpaired) electrons. The van der Waals surface area contributed by atoms with Gasteiger partial charge >= 0.3 is 0 Å². The smallest absolute Gasteiger partial charge is 0.252 e. The van der Waals surface area contributed by atoms with E-state index in [1.165, 1.54) is 0 Å². The Morgan fingerprint density at radius 3 is 2.82 bits per heavy atom. The van der Waals surface area contributed by atoms with Crippen LogP contribution in [0.1, 0.15) is 11.1 Å². The van der Waals surface area contributed by atoms with E-state index < -0.39 is 0 Å². The highest BCUT2D eigenvalue weighted by Gasteiger charge is 1.98. The van der Waals surface area contributed by atoms with Crippen LogP contribution in [0, 0.1) is 6.92 Å². The standard InChI is InChI=1S/C8H12BNO/c1-6-3-7(4-9)8(11)10(2)5-6/h3,5H,4,9H2,1-2H3. The monoisotopic (exact) mass is 149 g/mol. The van der Waals surface area contributed by atoms with E-state index >= 15 is 0 Å². The molecule has 0 N–H and O–H groups in total. The van der Waals surface area contributed by atoms with E-state index in [-0.39, 0.29) is 5.56 Å². The first-order valence-electron chi connectivity index (χ1n) is 3.81. The number of rotatable bonds is 1. The lowest BCUT2D eigenvalue weighted by Gasteiger charge is -2.02. The van der Waals surface area contributed by atoms with Crippen molar-refractivity contribution in [1.82, 2.24) is 4.57 Å². The van der Waals surface area contributed by atoms with Crippen LogP contribution in [0.25, 0.3) is 0 Å². The number of aromatic nitrogens is 1. The fraction of sp³-hybridized carbons (Fsp3) is 0.375. The van der Waals surface area contributed by atoms with E-state index in [1.54, 1.807) is 11.6 Å². The van der Waals surface area contributed by atoms with Gasteiger partial charge in [-0.3, -0.25) is 4.79 Å². The third-order valence-corrected chi connectivity index (χ3v) is 1.78. The Labute approximate surface area is 67.3 Å². The molecule has 11 heavy (non-hydrogen) atoms. The first-order chi connectivity index (χ1) is 5.15. The number of pyridine rings is 1. The third-order valence-electron chi connectivity index (χ3n) is 1.78. The molecule has 0 saturated heterocycles. The minimum absolute atomic E-state index is 0.123. The molecule has 0 unspecified atom stereocenters. The van der Waals surface area contributed by atoms with Crippen LogP contribution in [-0.2, 0) is 13.4 Å². The first-order valence-corrected chi connectivity index (χ1v) is 3.81. The Morgan fingerprint density at radius 1 is 1.64 bits per heavy atom. The van der Waals surface area contributed by atoms with Gasteiger partial charge in [0.25, 0.3) is 5.56 Å². The number of hydrogen-bond donors (Lipinski definition) is 0. The van der Waals surface area contributed by atoms with Crippen molar-refractivity contribution in [3.05, 3.63) is 33.7 Å². The molecule has 0 aliphatic rings. The Balaban J connectivity index is 3.37. The van der Waals surface area contributed by atoms with Gasteiger partial charge in [0.1, 0.15) is 7.85 Å². The predicted molar refractivity (Wildman–Crippen MR) is 48.7 cm³/mol. The molecule has 2 nitrogen and oxygen atoms in total.